The fourth-order valence-electron chi connectivity index (χ4n) is 1.05. The standard InChI is InChI=1S/C10H13NO2/c1-8-5-9(7-11-6-8)10(12)3-4-13-2/h5-7H,3-4H2,1-2H3. The van der Waals surface area contributed by atoms with E-state index in [1.165, 1.54) is 0 Å². The Balaban J connectivity index is 2.66. The van der Waals surface area contributed by atoms with Gasteiger partial charge in [0.1, 0.15) is 0 Å². The zero-order chi connectivity index (χ0) is 9.68. The SMILES string of the molecule is COCCC(=O)c1cncc(C)c1. The van der Waals surface area contributed by atoms with Crippen LogP contribution in [0.3, 0.4) is 0 Å². The Morgan fingerprint density at radius 1 is 1.54 bits per heavy atom. The van der Waals surface area contributed by atoms with Gasteiger partial charge in [-0.1, -0.05) is 0 Å². The lowest BCUT2D eigenvalue weighted by Gasteiger charge is -2.00. The molecule has 0 spiro atoms. The third kappa shape index (κ3) is 2.95. The van der Waals surface area contributed by atoms with Gasteiger partial charge in [0.05, 0.1) is 6.61 Å². The molecule has 3 heteroatoms. The molecular formula is C10H13NO2. The van der Waals surface area contributed by atoms with E-state index in [1.807, 2.05) is 13.0 Å². The van der Waals surface area contributed by atoms with Gasteiger partial charge >= 0.3 is 0 Å². The van der Waals surface area contributed by atoms with Gasteiger partial charge in [-0.25, -0.2) is 0 Å². The van der Waals surface area contributed by atoms with E-state index in [0.29, 0.717) is 18.6 Å². The molecule has 0 N–H and O–H groups in total. The molecule has 0 saturated carbocycles. The van der Waals surface area contributed by atoms with Gasteiger partial charge in [0, 0.05) is 31.5 Å². The molecule has 0 aromatic carbocycles. The zero-order valence-corrected chi connectivity index (χ0v) is 7.91. The number of hydrogen-bond donors (Lipinski definition) is 0. The number of rotatable bonds is 4. The fourth-order valence-corrected chi connectivity index (χ4v) is 1.05. The first-order chi connectivity index (χ1) is 6.24. The van der Waals surface area contributed by atoms with Crippen LogP contribution in [0.5, 0.6) is 0 Å². The number of Topliss-reactive ketones (excluding diaryl/α,β-unsaturated/α-hetero) is 1. The third-order valence-corrected chi connectivity index (χ3v) is 1.73. The molecule has 0 unspecified atom stereocenters. The molecule has 1 aromatic heterocycles. The van der Waals surface area contributed by atoms with Crippen LogP contribution < -0.4 is 0 Å². The number of nitrogens with zero attached hydrogens (tertiary/aromatic N) is 1. The highest BCUT2D eigenvalue weighted by Crippen LogP contribution is 2.04. The van der Waals surface area contributed by atoms with Gasteiger partial charge in [-0.2, -0.15) is 0 Å². The van der Waals surface area contributed by atoms with Crippen molar-refractivity contribution in [2.75, 3.05) is 13.7 Å². The summed E-state index contributed by atoms with van der Waals surface area (Å²) in [6.45, 7) is 2.38. The summed E-state index contributed by atoms with van der Waals surface area (Å²) >= 11 is 0. The smallest absolute Gasteiger partial charge is 0.166 e. The number of aryl methyl sites for hydroxylation is 1. The minimum atomic E-state index is 0.0815. The molecular weight excluding hydrogens is 166 g/mol. The van der Waals surface area contributed by atoms with Crippen molar-refractivity contribution < 1.29 is 9.53 Å². The van der Waals surface area contributed by atoms with E-state index >= 15 is 0 Å². The number of aromatic nitrogens is 1. The minimum absolute atomic E-state index is 0.0815. The molecule has 1 rings (SSSR count). The van der Waals surface area contributed by atoms with E-state index in [0.717, 1.165) is 5.56 Å². The number of ketones is 1. The van der Waals surface area contributed by atoms with E-state index in [4.69, 9.17) is 4.74 Å². The largest absolute Gasteiger partial charge is 0.384 e. The van der Waals surface area contributed by atoms with Crippen molar-refractivity contribution in [2.45, 2.75) is 13.3 Å². The first kappa shape index (κ1) is 9.86. The number of ether oxygens (including phenoxy) is 1. The van der Waals surface area contributed by atoms with Crippen LogP contribution >= 0.6 is 0 Å². The lowest BCUT2D eigenvalue weighted by Crippen LogP contribution is -2.03. The van der Waals surface area contributed by atoms with Gasteiger partial charge in [-0.3, -0.25) is 9.78 Å². The Morgan fingerprint density at radius 3 is 2.92 bits per heavy atom. The second kappa shape index (κ2) is 4.72. The maximum absolute atomic E-state index is 11.4. The molecule has 0 atom stereocenters. The molecule has 0 amide bonds. The van der Waals surface area contributed by atoms with Crippen LogP contribution in [0.2, 0.25) is 0 Å². The number of pyridine rings is 1. The van der Waals surface area contributed by atoms with Crippen molar-refractivity contribution in [1.29, 1.82) is 0 Å². The van der Waals surface area contributed by atoms with E-state index in [-0.39, 0.29) is 5.78 Å². The van der Waals surface area contributed by atoms with E-state index < -0.39 is 0 Å². The summed E-state index contributed by atoms with van der Waals surface area (Å²) in [5.74, 6) is 0.0815. The average molecular weight is 179 g/mol. The van der Waals surface area contributed by atoms with Crippen molar-refractivity contribution >= 4 is 5.78 Å². The molecule has 70 valence electrons. The Hall–Kier alpha value is -1.22. The summed E-state index contributed by atoms with van der Waals surface area (Å²) in [6, 6.07) is 1.84. The first-order valence-corrected chi connectivity index (χ1v) is 4.18. The fraction of sp³-hybridized carbons (Fsp3) is 0.400. The van der Waals surface area contributed by atoms with E-state index in [1.54, 1.807) is 19.5 Å². The normalized spacial score (nSPS) is 10.0. The molecule has 0 saturated heterocycles. The predicted octanol–water partition coefficient (Wildman–Crippen LogP) is 1.61. The molecule has 13 heavy (non-hydrogen) atoms. The Kier molecular flexibility index (Phi) is 3.58. The van der Waals surface area contributed by atoms with Crippen LogP contribution in [-0.2, 0) is 4.74 Å². The molecule has 3 nitrogen and oxygen atoms in total. The Labute approximate surface area is 77.8 Å². The van der Waals surface area contributed by atoms with Gasteiger partial charge in [0.15, 0.2) is 5.78 Å². The lowest BCUT2D eigenvalue weighted by molar-refractivity contribution is 0.0932. The highest BCUT2D eigenvalue weighted by atomic mass is 16.5. The quantitative estimate of drug-likeness (QED) is 0.659. The van der Waals surface area contributed by atoms with Crippen LogP contribution in [0.25, 0.3) is 0 Å². The summed E-state index contributed by atoms with van der Waals surface area (Å²) in [7, 11) is 1.59. The highest BCUT2D eigenvalue weighted by Gasteiger charge is 2.05. The Bertz CT molecular complexity index is 297. The molecule has 0 aliphatic rings. The number of hydrogen-bond acceptors (Lipinski definition) is 3. The van der Waals surface area contributed by atoms with Crippen LogP contribution in [-0.4, -0.2) is 24.5 Å². The van der Waals surface area contributed by atoms with Crippen LogP contribution in [0.4, 0.5) is 0 Å². The minimum Gasteiger partial charge on any atom is -0.384 e. The molecule has 1 heterocycles. The van der Waals surface area contributed by atoms with E-state index in [9.17, 15) is 4.79 Å². The summed E-state index contributed by atoms with van der Waals surface area (Å²) < 4.78 is 4.82. The van der Waals surface area contributed by atoms with Crippen molar-refractivity contribution in [3.63, 3.8) is 0 Å². The predicted molar refractivity (Wildman–Crippen MR) is 49.8 cm³/mol. The summed E-state index contributed by atoms with van der Waals surface area (Å²) in [6.07, 6.45) is 3.74. The molecule has 0 aliphatic carbocycles. The second-order valence-electron chi connectivity index (χ2n) is 2.92. The van der Waals surface area contributed by atoms with Crippen LogP contribution in [0.1, 0.15) is 22.3 Å². The molecule has 0 radical (unpaired) electrons. The first-order valence-electron chi connectivity index (χ1n) is 4.18. The monoisotopic (exact) mass is 179 g/mol. The van der Waals surface area contributed by atoms with Gasteiger partial charge in [-0.15, -0.1) is 0 Å². The number of carbonyl (C=O) groups is 1. The summed E-state index contributed by atoms with van der Waals surface area (Å²) in [5, 5.41) is 0. The van der Waals surface area contributed by atoms with Crippen molar-refractivity contribution in [3.05, 3.63) is 29.6 Å². The van der Waals surface area contributed by atoms with Gasteiger partial charge in [-0.05, 0) is 18.6 Å². The lowest BCUT2D eigenvalue weighted by atomic mass is 10.1. The van der Waals surface area contributed by atoms with Crippen LogP contribution in [0, 0.1) is 6.92 Å². The second-order valence-corrected chi connectivity index (χ2v) is 2.92. The Morgan fingerprint density at radius 2 is 2.31 bits per heavy atom. The number of carbonyl (C=O) groups excluding carboxylic acids is 1. The van der Waals surface area contributed by atoms with Crippen molar-refractivity contribution in [3.8, 4) is 0 Å². The molecule has 0 aliphatic heterocycles. The van der Waals surface area contributed by atoms with Crippen molar-refractivity contribution in [2.24, 2.45) is 0 Å². The number of methoxy groups -OCH3 is 1. The van der Waals surface area contributed by atoms with Gasteiger partial charge in [0.2, 0.25) is 0 Å². The third-order valence-electron chi connectivity index (χ3n) is 1.73. The summed E-state index contributed by atoms with van der Waals surface area (Å²) in [4.78, 5) is 15.4. The highest BCUT2D eigenvalue weighted by molar-refractivity contribution is 5.95. The molecule has 0 fully saturated rings. The maximum atomic E-state index is 11.4. The van der Waals surface area contributed by atoms with E-state index in [2.05, 4.69) is 4.98 Å². The maximum Gasteiger partial charge on any atom is 0.166 e. The topological polar surface area (TPSA) is 39.2 Å². The average Bonchev–Trinajstić information content (AvgIpc) is 2.14. The van der Waals surface area contributed by atoms with Crippen molar-refractivity contribution in [1.82, 2.24) is 4.98 Å². The molecule has 0 bridgehead atoms. The van der Waals surface area contributed by atoms with Crippen LogP contribution in [0.15, 0.2) is 18.5 Å². The summed E-state index contributed by atoms with van der Waals surface area (Å²) in [5.41, 5.74) is 1.67. The molecule has 1 aromatic rings. The zero-order valence-electron chi connectivity index (χ0n) is 7.91. The van der Waals surface area contributed by atoms with Gasteiger partial charge in [0.25, 0.3) is 0 Å². The van der Waals surface area contributed by atoms with Gasteiger partial charge < -0.3 is 4.74 Å².